The van der Waals surface area contributed by atoms with Crippen LogP contribution in [-0.2, 0) is 6.18 Å². The SMILES string of the molecule is COc1cc([C@H](CCCO)N2CCNCC2)cc(C(F)(F)F)c1. The second-order valence-corrected chi connectivity index (χ2v) is 5.66. The molecule has 0 unspecified atom stereocenters. The van der Waals surface area contributed by atoms with Crippen molar-refractivity contribution in [2.45, 2.75) is 25.1 Å². The highest BCUT2D eigenvalue weighted by molar-refractivity contribution is 5.37. The second kappa shape index (κ2) is 7.99. The van der Waals surface area contributed by atoms with Crippen LogP contribution < -0.4 is 10.1 Å². The maximum absolute atomic E-state index is 13.1. The second-order valence-electron chi connectivity index (χ2n) is 5.66. The van der Waals surface area contributed by atoms with E-state index in [2.05, 4.69) is 10.2 Å². The van der Waals surface area contributed by atoms with Crippen LogP contribution in [0.5, 0.6) is 5.75 Å². The number of nitrogens with zero attached hydrogens (tertiary/aromatic N) is 1. The molecule has 1 aliphatic rings. The largest absolute Gasteiger partial charge is 0.497 e. The van der Waals surface area contributed by atoms with Gasteiger partial charge in [-0.15, -0.1) is 0 Å². The van der Waals surface area contributed by atoms with Crippen molar-refractivity contribution in [2.75, 3.05) is 39.9 Å². The molecule has 130 valence electrons. The van der Waals surface area contributed by atoms with E-state index in [1.807, 2.05) is 0 Å². The van der Waals surface area contributed by atoms with E-state index in [-0.39, 0.29) is 18.4 Å². The predicted molar refractivity (Wildman–Crippen MR) is 81.5 cm³/mol. The molecular formula is C16H23F3N2O2. The summed E-state index contributed by atoms with van der Waals surface area (Å²) in [6.07, 6.45) is -3.25. The lowest BCUT2D eigenvalue weighted by Gasteiger charge is -2.35. The van der Waals surface area contributed by atoms with Gasteiger partial charge in [-0.1, -0.05) is 0 Å². The maximum atomic E-state index is 13.1. The van der Waals surface area contributed by atoms with Crippen LogP contribution in [0.15, 0.2) is 18.2 Å². The minimum absolute atomic E-state index is 0.0265. The number of alkyl halides is 3. The Morgan fingerprint density at radius 2 is 1.96 bits per heavy atom. The Hall–Kier alpha value is -1.31. The van der Waals surface area contributed by atoms with Crippen molar-refractivity contribution in [1.82, 2.24) is 10.2 Å². The molecule has 1 atom stereocenters. The van der Waals surface area contributed by atoms with Gasteiger partial charge >= 0.3 is 6.18 Å². The van der Waals surface area contributed by atoms with Gasteiger partial charge in [0.1, 0.15) is 5.75 Å². The summed E-state index contributed by atoms with van der Waals surface area (Å²) in [4.78, 5) is 2.17. The Morgan fingerprint density at radius 1 is 1.26 bits per heavy atom. The van der Waals surface area contributed by atoms with Gasteiger partial charge < -0.3 is 15.2 Å². The number of aliphatic hydroxyl groups excluding tert-OH is 1. The summed E-state index contributed by atoms with van der Waals surface area (Å²) < 4.78 is 44.4. The van der Waals surface area contributed by atoms with E-state index in [9.17, 15) is 13.2 Å². The fraction of sp³-hybridized carbons (Fsp3) is 0.625. The number of hydrogen-bond donors (Lipinski definition) is 2. The quantitative estimate of drug-likeness (QED) is 0.840. The third kappa shape index (κ3) is 4.83. The van der Waals surface area contributed by atoms with Crippen LogP contribution in [0, 0.1) is 0 Å². The van der Waals surface area contributed by atoms with E-state index in [1.165, 1.54) is 13.2 Å². The highest BCUT2D eigenvalue weighted by atomic mass is 19.4. The summed E-state index contributed by atoms with van der Waals surface area (Å²) in [7, 11) is 1.37. The van der Waals surface area contributed by atoms with Gasteiger partial charge in [-0.3, -0.25) is 4.90 Å². The average molecular weight is 332 g/mol. The lowest BCUT2D eigenvalue weighted by atomic mass is 9.97. The van der Waals surface area contributed by atoms with E-state index < -0.39 is 11.7 Å². The molecule has 2 rings (SSSR count). The maximum Gasteiger partial charge on any atom is 0.416 e. The Kier molecular flexibility index (Phi) is 6.26. The van der Waals surface area contributed by atoms with E-state index >= 15 is 0 Å². The molecule has 0 aliphatic carbocycles. The van der Waals surface area contributed by atoms with Crippen LogP contribution in [0.25, 0.3) is 0 Å². The molecule has 2 N–H and O–H groups in total. The summed E-state index contributed by atoms with van der Waals surface area (Å²) in [6, 6.07) is 3.73. The fourth-order valence-corrected chi connectivity index (χ4v) is 2.93. The molecule has 0 spiro atoms. The minimum Gasteiger partial charge on any atom is -0.497 e. The standard InChI is InChI=1S/C16H23F3N2O2/c1-23-14-10-12(9-13(11-14)16(17,18)19)15(3-2-8-22)21-6-4-20-5-7-21/h9-11,15,20,22H,2-8H2,1H3/t15-/m0/s1. The number of nitrogens with one attached hydrogen (secondary N) is 1. The van der Waals surface area contributed by atoms with Crippen molar-refractivity contribution in [1.29, 1.82) is 0 Å². The minimum atomic E-state index is -4.41. The number of ether oxygens (including phenoxy) is 1. The van der Waals surface area contributed by atoms with E-state index in [0.29, 0.717) is 18.4 Å². The van der Waals surface area contributed by atoms with Crippen molar-refractivity contribution in [3.63, 3.8) is 0 Å². The number of benzene rings is 1. The van der Waals surface area contributed by atoms with Crippen molar-refractivity contribution in [3.8, 4) is 5.75 Å². The molecule has 0 amide bonds. The van der Waals surface area contributed by atoms with Gasteiger partial charge in [-0.25, -0.2) is 0 Å². The first-order chi connectivity index (χ1) is 11.0. The van der Waals surface area contributed by atoms with Crippen molar-refractivity contribution < 1.29 is 23.0 Å². The molecule has 23 heavy (non-hydrogen) atoms. The molecule has 1 aromatic carbocycles. The third-order valence-electron chi connectivity index (χ3n) is 4.10. The molecule has 0 aromatic heterocycles. The normalized spacial score (nSPS) is 18.0. The average Bonchev–Trinajstić information content (AvgIpc) is 2.55. The van der Waals surface area contributed by atoms with E-state index in [1.54, 1.807) is 6.07 Å². The van der Waals surface area contributed by atoms with Crippen LogP contribution in [0.3, 0.4) is 0 Å². The zero-order valence-corrected chi connectivity index (χ0v) is 13.2. The summed E-state index contributed by atoms with van der Waals surface area (Å²) >= 11 is 0. The van der Waals surface area contributed by atoms with Crippen molar-refractivity contribution in [2.24, 2.45) is 0 Å². The Morgan fingerprint density at radius 3 is 2.52 bits per heavy atom. The number of rotatable bonds is 6. The molecule has 0 radical (unpaired) electrons. The molecule has 1 heterocycles. The highest BCUT2D eigenvalue weighted by Gasteiger charge is 2.33. The van der Waals surface area contributed by atoms with E-state index in [4.69, 9.17) is 9.84 Å². The van der Waals surface area contributed by atoms with Gasteiger partial charge in [0.2, 0.25) is 0 Å². The first kappa shape index (κ1) is 18.0. The molecule has 1 saturated heterocycles. The lowest BCUT2D eigenvalue weighted by molar-refractivity contribution is -0.137. The van der Waals surface area contributed by atoms with Crippen LogP contribution in [-0.4, -0.2) is 49.9 Å². The first-order valence-corrected chi connectivity index (χ1v) is 7.77. The smallest absolute Gasteiger partial charge is 0.416 e. The summed E-state index contributed by atoms with van der Waals surface area (Å²) in [5.74, 6) is 0.207. The topological polar surface area (TPSA) is 44.7 Å². The first-order valence-electron chi connectivity index (χ1n) is 7.77. The van der Waals surface area contributed by atoms with Gasteiger partial charge in [0, 0.05) is 38.8 Å². The number of piperazine rings is 1. The number of hydrogen-bond acceptors (Lipinski definition) is 4. The van der Waals surface area contributed by atoms with Gasteiger partial charge in [-0.05, 0) is 36.6 Å². The van der Waals surface area contributed by atoms with Crippen molar-refractivity contribution >= 4 is 0 Å². The molecule has 1 aromatic rings. The number of halogens is 3. The van der Waals surface area contributed by atoms with Gasteiger partial charge in [0.25, 0.3) is 0 Å². The fourth-order valence-electron chi connectivity index (χ4n) is 2.93. The summed E-state index contributed by atoms with van der Waals surface area (Å²) in [5, 5.41) is 12.3. The van der Waals surface area contributed by atoms with Crippen LogP contribution in [0.4, 0.5) is 13.2 Å². The molecule has 1 fully saturated rings. The molecule has 4 nitrogen and oxygen atoms in total. The predicted octanol–water partition coefficient (Wildman–Crippen LogP) is 2.43. The van der Waals surface area contributed by atoms with Crippen LogP contribution in [0.1, 0.15) is 30.0 Å². The zero-order chi connectivity index (χ0) is 16.9. The Balaban J connectivity index is 2.35. The number of methoxy groups -OCH3 is 1. The summed E-state index contributed by atoms with van der Waals surface area (Å²) in [5.41, 5.74) is -0.108. The molecule has 1 aliphatic heterocycles. The molecule has 0 saturated carbocycles. The molecule has 7 heteroatoms. The third-order valence-corrected chi connectivity index (χ3v) is 4.10. The van der Waals surface area contributed by atoms with Gasteiger partial charge in [0.15, 0.2) is 0 Å². The molecular weight excluding hydrogens is 309 g/mol. The van der Waals surface area contributed by atoms with Crippen LogP contribution in [0.2, 0.25) is 0 Å². The Labute approximate surface area is 134 Å². The van der Waals surface area contributed by atoms with Gasteiger partial charge in [-0.2, -0.15) is 13.2 Å². The zero-order valence-electron chi connectivity index (χ0n) is 13.2. The lowest BCUT2D eigenvalue weighted by Crippen LogP contribution is -2.45. The van der Waals surface area contributed by atoms with E-state index in [0.717, 1.165) is 32.2 Å². The Bertz CT molecular complexity index is 503. The summed E-state index contributed by atoms with van der Waals surface area (Å²) in [6.45, 7) is 3.19. The van der Waals surface area contributed by atoms with Crippen LogP contribution >= 0.6 is 0 Å². The monoisotopic (exact) mass is 332 g/mol. The van der Waals surface area contributed by atoms with Gasteiger partial charge in [0.05, 0.1) is 12.7 Å². The highest BCUT2D eigenvalue weighted by Crippen LogP contribution is 2.36. The van der Waals surface area contributed by atoms with Crippen molar-refractivity contribution in [3.05, 3.63) is 29.3 Å². The molecule has 0 bridgehead atoms. The number of aliphatic hydroxyl groups is 1.